The highest BCUT2D eigenvalue weighted by atomic mass is 32.2. The molecule has 0 atom stereocenters. The van der Waals surface area contributed by atoms with Gasteiger partial charge in [0.15, 0.2) is 0 Å². The van der Waals surface area contributed by atoms with Crippen molar-refractivity contribution in [3.8, 4) is 0 Å². The van der Waals surface area contributed by atoms with E-state index < -0.39 is 0 Å². The molecule has 1 aliphatic heterocycles. The van der Waals surface area contributed by atoms with Gasteiger partial charge in [0.1, 0.15) is 0 Å². The van der Waals surface area contributed by atoms with Crippen molar-refractivity contribution in [1.82, 2.24) is 0 Å². The Balaban J connectivity index is 2.42. The molecule has 2 rings (SSSR count). The van der Waals surface area contributed by atoms with Gasteiger partial charge in [0, 0.05) is 4.90 Å². The highest BCUT2D eigenvalue weighted by Crippen LogP contribution is 2.28. The van der Waals surface area contributed by atoms with Crippen molar-refractivity contribution in [3.63, 3.8) is 0 Å². The Hall–Kier alpha value is -1.48. The number of ether oxygens (including phenoxy) is 1. The molecule has 3 heteroatoms. The predicted octanol–water partition coefficient (Wildman–Crippen LogP) is 3.11. The van der Waals surface area contributed by atoms with Crippen LogP contribution in [0.5, 0.6) is 0 Å². The Morgan fingerprint density at radius 2 is 2.20 bits per heavy atom. The average Bonchev–Trinajstić information content (AvgIpc) is 2.51. The second-order valence-electron chi connectivity index (χ2n) is 3.05. The fraction of sp³-hybridized carbons (Fsp3) is 0.0833. The number of carbonyl (C=O) groups is 1. The van der Waals surface area contributed by atoms with Gasteiger partial charge in [-0.15, -0.1) is 0 Å². The van der Waals surface area contributed by atoms with Gasteiger partial charge >= 0.3 is 5.97 Å². The zero-order valence-electron chi connectivity index (χ0n) is 8.27. The molecule has 0 aromatic heterocycles. The maximum absolute atomic E-state index is 11.3. The van der Waals surface area contributed by atoms with Crippen molar-refractivity contribution in [2.45, 2.75) is 4.90 Å². The SMILES string of the molecule is COC(=O)c1ccc2c(c1)SC=CC=C2. The summed E-state index contributed by atoms with van der Waals surface area (Å²) in [4.78, 5) is 12.4. The minimum Gasteiger partial charge on any atom is -0.465 e. The van der Waals surface area contributed by atoms with Gasteiger partial charge < -0.3 is 4.74 Å². The molecule has 0 N–H and O–H groups in total. The first-order valence-corrected chi connectivity index (χ1v) is 5.41. The molecule has 1 aliphatic rings. The van der Waals surface area contributed by atoms with Crippen LogP contribution in [0, 0.1) is 0 Å². The van der Waals surface area contributed by atoms with Gasteiger partial charge in [-0.1, -0.05) is 36.1 Å². The number of hydrogen-bond donors (Lipinski definition) is 0. The Bertz CT molecular complexity index is 447. The average molecular weight is 218 g/mol. The molecule has 0 amide bonds. The van der Waals surface area contributed by atoms with Crippen molar-refractivity contribution in [2.75, 3.05) is 7.11 Å². The van der Waals surface area contributed by atoms with E-state index in [0.717, 1.165) is 10.5 Å². The molecule has 1 heterocycles. The van der Waals surface area contributed by atoms with E-state index in [-0.39, 0.29) is 5.97 Å². The number of thioether (sulfide) groups is 1. The summed E-state index contributed by atoms with van der Waals surface area (Å²) in [6, 6.07) is 5.56. The molecular weight excluding hydrogens is 208 g/mol. The second kappa shape index (κ2) is 4.36. The second-order valence-corrected chi connectivity index (χ2v) is 4.00. The van der Waals surface area contributed by atoms with Crippen LogP contribution in [0.4, 0.5) is 0 Å². The summed E-state index contributed by atoms with van der Waals surface area (Å²) in [5.41, 5.74) is 1.71. The quantitative estimate of drug-likeness (QED) is 0.677. The molecule has 0 saturated carbocycles. The summed E-state index contributed by atoms with van der Waals surface area (Å²) < 4.78 is 4.67. The lowest BCUT2D eigenvalue weighted by atomic mass is 10.1. The van der Waals surface area contributed by atoms with E-state index in [1.807, 2.05) is 35.8 Å². The maximum atomic E-state index is 11.3. The number of allylic oxidation sites excluding steroid dienone is 2. The Morgan fingerprint density at radius 1 is 1.33 bits per heavy atom. The molecule has 0 bridgehead atoms. The molecular formula is C12H10O2S. The zero-order chi connectivity index (χ0) is 10.7. The van der Waals surface area contributed by atoms with Crippen molar-refractivity contribution in [1.29, 1.82) is 0 Å². The first-order valence-electron chi connectivity index (χ1n) is 4.53. The fourth-order valence-corrected chi connectivity index (χ4v) is 2.12. The van der Waals surface area contributed by atoms with Gasteiger partial charge in [-0.25, -0.2) is 4.79 Å². The Labute approximate surface area is 92.6 Å². The first-order chi connectivity index (χ1) is 7.31. The molecule has 0 spiro atoms. The van der Waals surface area contributed by atoms with Crippen LogP contribution in [-0.2, 0) is 4.74 Å². The van der Waals surface area contributed by atoms with E-state index in [1.54, 1.807) is 17.8 Å². The summed E-state index contributed by atoms with van der Waals surface area (Å²) >= 11 is 1.60. The van der Waals surface area contributed by atoms with Gasteiger partial charge in [0.2, 0.25) is 0 Å². The third-order valence-corrected chi connectivity index (χ3v) is 3.00. The summed E-state index contributed by atoms with van der Waals surface area (Å²) in [6.45, 7) is 0. The summed E-state index contributed by atoms with van der Waals surface area (Å²) in [5, 5.41) is 1.99. The number of methoxy groups -OCH3 is 1. The minimum absolute atomic E-state index is 0.296. The molecule has 0 radical (unpaired) electrons. The standard InChI is InChI=1S/C12H10O2S/c1-14-12(13)10-6-5-9-4-2-3-7-15-11(9)8-10/h2-8H,1H3. The Morgan fingerprint density at radius 3 is 3.00 bits per heavy atom. The van der Waals surface area contributed by atoms with Crippen molar-refractivity contribution < 1.29 is 9.53 Å². The number of hydrogen-bond acceptors (Lipinski definition) is 3. The van der Waals surface area contributed by atoms with Gasteiger partial charge in [-0.05, 0) is 23.1 Å². The molecule has 1 aromatic carbocycles. The summed E-state index contributed by atoms with van der Waals surface area (Å²) in [6.07, 6.45) is 5.98. The van der Waals surface area contributed by atoms with Crippen LogP contribution < -0.4 is 0 Å². The van der Waals surface area contributed by atoms with Crippen LogP contribution in [0.15, 0.2) is 40.7 Å². The zero-order valence-corrected chi connectivity index (χ0v) is 9.08. The van der Waals surface area contributed by atoms with Crippen LogP contribution in [0.2, 0.25) is 0 Å². The molecule has 2 nitrogen and oxygen atoms in total. The van der Waals surface area contributed by atoms with Gasteiger partial charge in [-0.2, -0.15) is 0 Å². The summed E-state index contributed by atoms with van der Waals surface area (Å²) in [5.74, 6) is -0.296. The third-order valence-electron chi connectivity index (χ3n) is 2.10. The molecule has 0 unspecified atom stereocenters. The van der Waals surface area contributed by atoms with Gasteiger partial charge in [0.05, 0.1) is 12.7 Å². The molecule has 0 aliphatic carbocycles. The topological polar surface area (TPSA) is 26.3 Å². The van der Waals surface area contributed by atoms with Crippen LogP contribution in [-0.4, -0.2) is 13.1 Å². The normalized spacial score (nSPS) is 13.1. The van der Waals surface area contributed by atoms with E-state index in [0.29, 0.717) is 5.56 Å². The molecule has 15 heavy (non-hydrogen) atoms. The number of benzene rings is 1. The highest BCUT2D eigenvalue weighted by Gasteiger charge is 2.08. The lowest BCUT2D eigenvalue weighted by Gasteiger charge is -2.04. The lowest BCUT2D eigenvalue weighted by Crippen LogP contribution is -2.01. The third kappa shape index (κ3) is 2.13. The summed E-state index contributed by atoms with van der Waals surface area (Å²) in [7, 11) is 1.39. The predicted molar refractivity (Wildman–Crippen MR) is 61.8 cm³/mol. The number of fused-ring (bicyclic) bond motifs is 1. The van der Waals surface area contributed by atoms with Gasteiger partial charge in [0.25, 0.3) is 0 Å². The van der Waals surface area contributed by atoms with Crippen LogP contribution in [0.1, 0.15) is 15.9 Å². The van der Waals surface area contributed by atoms with E-state index in [9.17, 15) is 4.79 Å². The van der Waals surface area contributed by atoms with Crippen molar-refractivity contribution >= 4 is 23.8 Å². The molecule has 0 saturated heterocycles. The van der Waals surface area contributed by atoms with Crippen LogP contribution in [0.3, 0.4) is 0 Å². The number of rotatable bonds is 1. The highest BCUT2D eigenvalue weighted by molar-refractivity contribution is 8.02. The number of carbonyl (C=O) groups excluding carboxylic acids is 1. The van der Waals surface area contributed by atoms with Crippen LogP contribution in [0.25, 0.3) is 6.08 Å². The smallest absolute Gasteiger partial charge is 0.337 e. The molecule has 76 valence electrons. The monoisotopic (exact) mass is 218 g/mol. The number of esters is 1. The fourth-order valence-electron chi connectivity index (χ4n) is 1.34. The lowest BCUT2D eigenvalue weighted by molar-refractivity contribution is 0.0600. The van der Waals surface area contributed by atoms with Crippen LogP contribution >= 0.6 is 11.8 Å². The van der Waals surface area contributed by atoms with Crippen molar-refractivity contribution in [2.24, 2.45) is 0 Å². The largest absolute Gasteiger partial charge is 0.465 e. The maximum Gasteiger partial charge on any atom is 0.337 e. The van der Waals surface area contributed by atoms with E-state index >= 15 is 0 Å². The van der Waals surface area contributed by atoms with Gasteiger partial charge in [-0.3, -0.25) is 0 Å². The van der Waals surface area contributed by atoms with E-state index in [4.69, 9.17) is 0 Å². The van der Waals surface area contributed by atoms with E-state index in [1.165, 1.54) is 7.11 Å². The van der Waals surface area contributed by atoms with Crippen molar-refractivity contribution in [3.05, 3.63) is 46.9 Å². The molecule has 1 aromatic rings. The minimum atomic E-state index is -0.296. The molecule has 0 fully saturated rings. The van der Waals surface area contributed by atoms with E-state index in [2.05, 4.69) is 4.74 Å². The first kappa shape index (κ1) is 10.1. The Kier molecular flexibility index (Phi) is 2.92.